The van der Waals surface area contributed by atoms with Gasteiger partial charge < -0.3 is 20.5 Å². The van der Waals surface area contributed by atoms with Crippen molar-refractivity contribution in [3.8, 4) is 5.75 Å². The van der Waals surface area contributed by atoms with Crippen LogP contribution in [-0.4, -0.2) is 31.9 Å². The third kappa shape index (κ3) is 3.11. The molecule has 1 saturated heterocycles. The molecule has 98 valence electrons. The molecule has 0 bridgehead atoms. The van der Waals surface area contributed by atoms with Crippen molar-refractivity contribution in [3.05, 3.63) is 23.8 Å². The quantitative estimate of drug-likeness (QED) is 0.796. The van der Waals surface area contributed by atoms with Crippen LogP contribution in [0.5, 0.6) is 5.75 Å². The third-order valence-electron chi connectivity index (χ3n) is 3.10. The fourth-order valence-corrected chi connectivity index (χ4v) is 2.19. The van der Waals surface area contributed by atoms with E-state index < -0.39 is 0 Å². The molecule has 18 heavy (non-hydrogen) atoms. The molecular weight excluding hydrogens is 248 g/mol. The molecule has 1 atom stereocenters. The molecule has 1 aliphatic rings. The average molecular weight is 266 g/mol. The summed E-state index contributed by atoms with van der Waals surface area (Å²) in [7, 11) is 1.64. The van der Waals surface area contributed by atoms with E-state index in [4.69, 9.17) is 27.4 Å². The van der Waals surface area contributed by atoms with Gasteiger partial charge in [0.2, 0.25) is 0 Å². The van der Waals surface area contributed by atoms with Gasteiger partial charge in [0.05, 0.1) is 13.7 Å². The molecule has 0 aromatic heterocycles. The van der Waals surface area contributed by atoms with Gasteiger partial charge in [0.1, 0.15) is 10.7 Å². The van der Waals surface area contributed by atoms with E-state index in [1.165, 1.54) is 0 Å². The second-order valence-electron chi connectivity index (χ2n) is 4.39. The predicted octanol–water partition coefficient (Wildman–Crippen LogP) is 1.78. The van der Waals surface area contributed by atoms with Crippen LogP contribution >= 0.6 is 12.2 Å². The molecular formula is C13H18N2O2S. The van der Waals surface area contributed by atoms with E-state index in [9.17, 15) is 0 Å². The van der Waals surface area contributed by atoms with Crippen LogP contribution in [0.3, 0.4) is 0 Å². The summed E-state index contributed by atoms with van der Waals surface area (Å²) < 4.78 is 10.6. The molecule has 1 aliphatic heterocycles. The summed E-state index contributed by atoms with van der Waals surface area (Å²) in [5.74, 6) is 1.34. The number of hydrogen-bond acceptors (Lipinski definition) is 4. The van der Waals surface area contributed by atoms with Crippen LogP contribution in [0.15, 0.2) is 18.2 Å². The summed E-state index contributed by atoms with van der Waals surface area (Å²) in [6, 6.07) is 5.66. The topological polar surface area (TPSA) is 56.5 Å². The van der Waals surface area contributed by atoms with Crippen LogP contribution in [0.1, 0.15) is 12.0 Å². The lowest BCUT2D eigenvalue weighted by Crippen LogP contribution is -2.18. The van der Waals surface area contributed by atoms with E-state index >= 15 is 0 Å². The highest BCUT2D eigenvalue weighted by Crippen LogP contribution is 2.23. The van der Waals surface area contributed by atoms with E-state index in [-0.39, 0.29) is 0 Å². The zero-order valence-electron chi connectivity index (χ0n) is 10.4. The molecule has 0 spiro atoms. The van der Waals surface area contributed by atoms with E-state index in [0.717, 1.165) is 43.2 Å². The largest absolute Gasteiger partial charge is 0.497 e. The van der Waals surface area contributed by atoms with Gasteiger partial charge in [-0.2, -0.15) is 0 Å². The molecule has 1 unspecified atom stereocenters. The maximum atomic E-state index is 5.72. The highest BCUT2D eigenvalue weighted by Gasteiger charge is 2.16. The van der Waals surface area contributed by atoms with Gasteiger partial charge in [-0.25, -0.2) is 0 Å². The van der Waals surface area contributed by atoms with Crippen LogP contribution in [0.4, 0.5) is 5.69 Å². The number of thiocarbonyl (C=S) groups is 1. The van der Waals surface area contributed by atoms with Crippen LogP contribution in [0.25, 0.3) is 0 Å². The monoisotopic (exact) mass is 266 g/mol. The third-order valence-corrected chi connectivity index (χ3v) is 3.32. The van der Waals surface area contributed by atoms with Crippen molar-refractivity contribution in [2.24, 2.45) is 11.7 Å². The minimum absolute atomic E-state index is 0.392. The Morgan fingerprint density at radius 1 is 1.61 bits per heavy atom. The van der Waals surface area contributed by atoms with Gasteiger partial charge in [0.25, 0.3) is 0 Å². The maximum Gasteiger partial charge on any atom is 0.120 e. The van der Waals surface area contributed by atoms with Crippen molar-refractivity contribution in [2.45, 2.75) is 6.42 Å². The summed E-state index contributed by atoms with van der Waals surface area (Å²) in [4.78, 5) is 0.392. The van der Waals surface area contributed by atoms with Gasteiger partial charge in [0.15, 0.2) is 0 Å². The first kappa shape index (κ1) is 13.1. The van der Waals surface area contributed by atoms with Gasteiger partial charge in [-0.3, -0.25) is 0 Å². The molecule has 4 nitrogen and oxygen atoms in total. The SMILES string of the molecule is COc1ccc(C(N)=S)c(NCC2CCOC2)c1. The Morgan fingerprint density at radius 3 is 3.06 bits per heavy atom. The minimum atomic E-state index is 0.392. The Balaban J connectivity index is 2.10. The zero-order chi connectivity index (χ0) is 13.0. The first-order valence-electron chi connectivity index (χ1n) is 6.00. The van der Waals surface area contributed by atoms with Crippen molar-refractivity contribution >= 4 is 22.9 Å². The molecule has 5 heteroatoms. The fourth-order valence-electron chi connectivity index (χ4n) is 2.01. The molecule has 2 rings (SSSR count). The second kappa shape index (κ2) is 6.02. The van der Waals surface area contributed by atoms with E-state index in [1.807, 2.05) is 18.2 Å². The second-order valence-corrected chi connectivity index (χ2v) is 4.83. The van der Waals surface area contributed by atoms with Crippen molar-refractivity contribution < 1.29 is 9.47 Å². The number of ether oxygens (including phenoxy) is 2. The Labute approximate surface area is 112 Å². The van der Waals surface area contributed by atoms with Crippen LogP contribution < -0.4 is 15.8 Å². The molecule has 3 N–H and O–H groups in total. The van der Waals surface area contributed by atoms with E-state index in [0.29, 0.717) is 10.9 Å². The molecule has 1 aromatic carbocycles. The lowest BCUT2D eigenvalue weighted by Gasteiger charge is -2.15. The van der Waals surface area contributed by atoms with Crippen molar-refractivity contribution in [2.75, 3.05) is 32.2 Å². The molecule has 0 amide bonds. The molecule has 1 heterocycles. The molecule has 0 radical (unpaired) electrons. The highest BCUT2D eigenvalue weighted by atomic mass is 32.1. The molecule has 0 saturated carbocycles. The normalized spacial score (nSPS) is 18.6. The summed E-state index contributed by atoms with van der Waals surface area (Å²) in [6.07, 6.45) is 1.10. The lowest BCUT2D eigenvalue weighted by molar-refractivity contribution is 0.187. The maximum absolute atomic E-state index is 5.72. The van der Waals surface area contributed by atoms with Gasteiger partial charge in [-0.05, 0) is 18.6 Å². The molecule has 1 fully saturated rings. The average Bonchev–Trinajstić information content (AvgIpc) is 2.88. The first-order chi connectivity index (χ1) is 8.70. The van der Waals surface area contributed by atoms with Crippen molar-refractivity contribution in [3.63, 3.8) is 0 Å². The number of hydrogen-bond donors (Lipinski definition) is 2. The number of anilines is 1. The van der Waals surface area contributed by atoms with Crippen molar-refractivity contribution in [1.82, 2.24) is 0 Å². The highest BCUT2D eigenvalue weighted by molar-refractivity contribution is 7.80. The molecule has 1 aromatic rings. The standard InChI is InChI=1S/C13H18N2O2S/c1-16-10-2-3-11(13(14)18)12(6-10)15-7-9-4-5-17-8-9/h2-3,6,9,15H,4-5,7-8H2,1H3,(H2,14,18). The summed E-state index contributed by atoms with van der Waals surface area (Å²) in [6.45, 7) is 2.54. The zero-order valence-corrected chi connectivity index (χ0v) is 11.3. The summed E-state index contributed by atoms with van der Waals surface area (Å²) in [5.41, 5.74) is 7.49. The lowest BCUT2D eigenvalue weighted by atomic mass is 10.1. The molecule has 0 aliphatic carbocycles. The van der Waals surface area contributed by atoms with Gasteiger partial charge in [0, 0.05) is 36.4 Å². The summed E-state index contributed by atoms with van der Waals surface area (Å²) >= 11 is 5.05. The van der Waals surface area contributed by atoms with E-state index in [2.05, 4.69) is 5.32 Å². The number of methoxy groups -OCH3 is 1. The Hall–Kier alpha value is -1.33. The Kier molecular flexibility index (Phi) is 4.38. The van der Waals surface area contributed by atoms with Crippen LogP contribution in [0.2, 0.25) is 0 Å². The predicted molar refractivity (Wildman–Crippen MR) is 76.3 cm³/mol. The summed E-state index contributed by atoms with van der Waals surface area (Å²) in [5, 5.41) is 3.38. The van der Waals surface area contributed by atoms with E-state index in [1.54, 1.807) is 7.11 Å². The number of benzene rings is 1. The minimum Gasteiger partial charge on any atom is -0.497 e. The number of rotatable bonds is 5. The Bertz CT molecular complexity index is 431. The van der Waals surface area contributed by atoms with Gasteiger partial charge in [-0.1, -0.05) is 12.2 Å². The number of nitrogens with two attached hydrogens (primary N) is 1. The first-order valence-corrected chi connectivity index (χ1v) is 6.41. The smallest absolute Gasteiger partial charge is 0.120 e. The Morgan fingerprint density at radius 2 is 2.44 bits per heavy atom. The van der Waals surface area contributed by atoms with Crippen LogP contribution in [-0.2, 0) is 4.74 Å². The van der Waals surface area contributed by atoms with Gasteiger partial charge in [-0.15, -0.1) is 0 Å². The fraction of sp³-hybridized carbons (Fsp3) is 0.462. The van der Waals surface area contributed by atoms with Crippen LogP contribution in [0, 0.1) is 5.92 Å². The van der Waals surface area contributed by atoms with Gasteiger partial charge >= 0.3 is 0 Å². The van der Waals surface area contributed by atoms with Crippen molar-refractivity contribution in [1.29, 1.82) is 0 Å². The number of nitrogens with one attached hydrogen (secondary N) is 1.